The van der Waals surface area contributed by atoms with E-state index in [9.17, 15) is 28.8 Å². The number of likely N-dealkylation sites (tertiary alicyclic amines) is 2. The first-order chi connectivity index (χ1) is 32.2. The number of hydrogen-bond acceptors (Lipinski definition) is 6. The molecule has 2 saturated heterocycles. The van der Waals surface area contributed by atoms with Crippen LogP contribution in [0.3, 0.4) is 0 Å². The molecule has 2 saturated carbocycles. The van der Waals surface area contributed by atoms with Gasteiger partial charge in [-0.15, -0.1) is 0 Å². The molecule has 3 aliphatic heterocycles. The van der Waals surface area contributed by atoms with Gasteiger partial charge in [-0.2, -0.15) is 0 Å². The van der Waals surface area contributed by atoms with Gasteiger partial charge in [0, 0.05) is 29.8 Å². The molecule has 5 rings (SSSR count). The largest absolute Gasteiger partial charge is 0.282 e. The van der Waals surface area contributed by atoms with Crippen LogP contribution in [0.4, 0.5) is 0 Å². The molecule has 3 heterocycles. The Balaban J connectivity index is 1.07. The Kier molecular flexibility index (Phi) is 22.2. The number of amides is 6. The molecule has 67 heavy (non-hydrogen) atoms. The lowest BCUT2D eigenvalue weighted by Crippen LogP contribution is -2.49. The normalized spacial score (nSPS) is 27.5. The monoisotopic (exact) mass is 932 g/mol. The predicted molar refractivity (Wildman–Crippen MR) is 270 cm³/mol. The van der Waals surface area contributed by atoms with Gasteiger partial charge in [0.1, 0.15) is 0 Å². The molecule has 0 bridgehead atoms. The van der Waals surface area contributed by atoms with Crippen LogP contribution in [0.2, 0.25) is 0 Å². The fourth-order valence-electron chi connectivity index (χ4n) is 13.6. The molecule has 0 N–H and O–H groups in total. The van der Waals surface area contributed by atoms with E-state index < -0.39 is 34.7 Å². The van der Waals surface area contributed by atoms with Crippen LogP contribution in [-0.4, -0.2) is 67.8 Å². The molecule has 380 valence electrons. The summed E-state index contributed by atoms with van der Waals surface area (Å²) in [6, 6.07) is 0. The fraction of sp³-hybridized carbons (Fsp3) is 0.862. The van der Waals surface area contributed by atoms with E-state index in [1.54, 1.807) is 0 Å². The highest BCUT2D eigenvalue weighted by molar-refractivity contribution is 6.13. The molecule has 2 aliphatic carbocycles. The first-order valence-corrected chi connectivity index (χ1v) is 28.5. The number of rotatable bonds is 32. The Labute approximate surface area is 408 Å². The average Bonchev–Trinajstić information content (AvgIpc) is 3.87. The van der Waals surface area contributed by atoms with Crippen LogP contribution in [0, 0.1) is 47.3 Å². The van der Waals surface area contributed by atoms with Gasteiger partial charge < -0.3 is 0 Å². The summed E-state index contributed by atoms with van der Waals surface area (Å²) in [5.41, 5.74) is -0.996. The Morgan fingerprint density at radius 3 is 1.25 bits per heavy atom. The minimum absolute atomic E-state index is 0.121. The summed E-state index contributed by atoms with van der Waals surface area (Å²) in [4.78, 5) is 82.9. The molecule has 6 amide bonds. The second-order valence-electron chi connectivity index (χ2n) is 23.5. The minimum atomic E-state index is -0.603. The third-order valence-corrected chi connectivity index (χ3v) is 17.7. The van der Waals surface area contributed by atoms with Crippen LogP contribution in [-0.2, 0) is 28.8 Å². The van der Waals surface area contributed by atoms with E-state index in [-0.39, 0.29) is 35.4 Å². The van der Waals surface area contributed by atoms with Gasteiger partial charge in [-0.3, -0.25) is 43.5 Å². The zero-order chi connectivity index (χ0) is 48.6. The van der Waals surface area contributed by atoms with Crippen molar-refractivity contribution in [3.8, 4) is 0 Å². The second-order valence-corrected chi connectivity index (χ2v) is 23.5. The number of imide groups is 3. The Morgan fingerprint density at radius 1 is 0.448 bits per heavy atom. The maximum absolute atomic E-state index is 13.6. The summed E-state index contributed by atoms with van der Waals surface area (Å²) >= 11 is 0. The van der Waals surface area contributed by atoms with Gasteiger partial charge in [-0.1, -0.05) is 168 Å². The number of hydrogen-bond donors (Lipinski definition) is 0. The average molecular weight is 932 g/mol. The van der Waals surface area contributed by atoms with E-state index in [1.807, 2.05) is 20.8 Å². The van der Waals surface area contributed by atoms with Crippen molar-refractivity contribution in [3.63, 3.8) is 0 Å². The maximum atomic E-state index is 13.6. The summed E-state index contributed by atoms with van der Waals surface area (Å²) in [7, 11) is 0. The van der Waals surface area contributed by atoms with E-state index in [0.717, 1.165) is 68.6 Å². The molecule has 9 unspecified atom stereocenters. The molecule has 4 fully saturated rings. The van der Waals surface area contributed by atoms with Crippen molar-refractivity contribution in [2.24, 2.45) is 47.3 Å². The number of carbonyl (C=O) groups excluding carboxylic acids is 6. The zero-order valence-electron chi connectivity index (χ0n) is 43.9. The van der Waals surface area contributed by atoms with Crippen molar-refractivity contribution in [3.05, 3.63) is 12.2 Å². The summed E-state index contributed by atoms with van der Waals surface area (Å²) in [6.45, 7) is 14.9. The van der Waals surface area contributed by atoms with Crippen LogP contribution in [0.1, 0.15) is 254 Å². The third kappa shape index (κ3) is 14.6. The molecule has 9 atom stereocenters. The standard InChI is InChI=1S/C58H97N3O6/c1-8-11-13-15-21-27-33-45-43(31-25-14-12-9-2)35-36-44(32-26-20-16-18-23-29-39-58(7,10-3)60-51(62)37-38-52(60)63)46(45)34-28-22-17-19-24-30-40-59-53(64)47-41-49-50(42-48(47)54(59)65)56(67)61(55(49)66)57(4,5)6/h37-38,43-50H,8-36,39-42H2,1-7H3. The van der Waals surface area contributed by atoms with Crippen molar-refractivity contribution < 1.29 is 28.8 Å². The van der Waals surface area contributed by atoms with Crippen LogP contribution >= 0.6 is 0 Å². The SMILES string of the molecule is CCCCCCCCC1C(CCCCCC)CCC(CCCCCCCCC(C)(CC)N2C(=O)C=CC2=O)C1CCCCCCCCN1C(=O)C2CC3C(=O)N(C(C)(C)C)C(=O)C3CC2C1=O. The number of nitrogens with zero attached hydrogens (tertiary/aromatic N) is 3. The predicted octanol–water partition coefficient (Wildman–Crippen LogP) is 13.7. The van der Waals surface area contributed by atoms with E-state index in [1.165, 1.54) is 175 Å². The molecule has 0 radical (unpaired) electrons. The van der Waals surface area contributed by atoms with Gasteiger partial charge in [0.05, 0.1) is 23.7 Å². The lowest BCUT2D eigenvalue weighted by molar-refractivity contribution is -0.146. The molecule has 9 nitrogen and oxygen atoms in total. The summed E-state index contributed by atoms with van der Waals surface area (Å²) in [5.74, 6) is 0.669. The van der Waals surface area contributed by atoms with Gasteiger partial charge in [-0.25, -0.2) is 0 Å². The highest BCUT2D eigenvalue weighted by atomic mass is 16.2. The maximum Gasteiger partial charge on any atom is 0.254 e. The highest BCUT2D eigenvalue weighted by Gasteiger charge is 2.60. The van der Waals surface area contributed by atoms with Crippen molar-refractivity contribution >= 4 is 35.4 Å². The smallest absolute Gasteiger partial charge is 0.254 e. The summed E-state index contributed by atoms with van der Waals surface area (Å²) < 4.78 is 0. The lowest BCUT2D eigenvalue weighted by atomic mass is 9.61. The van der Waals surface area contributed by atoms with Gasteiger partial charge in [-0.05, 0) is 109 Å². The molecule has 5 aliphatic rings. The van der Waals surface area contributed by atoms with Gasteiger partial charge in [0.15, 0.2) is 0 Å². The van der Waals surface area contributed by atoms with Gasteiger partial charge in [0.2, 0.25) is 23.6 Å². The van der Waals surface area contributed by atoms with Crippen LogP contribution in [0.5, 0.6) is 0 Å². The number of unbranched alkanes of at least 4 members (excludes halogenated alkanes) is 18. The first-order valence-electron chi connectivity index (χ1n) is 28.5. The van der Waals surface area contributed by atoms with Crippen molar-refractivity contribution in [2.45, 2.75) is 265 Å². The number of fused-ring (bicyclic) bond motifs is 2. The van der Waals surface area contributed by atoms with Gasteiger partial charge >= 0.3 is 0 Å². The van der Waals surface area contributed by atoms with Crippen LogP contribution in [0.15, 0.2) is 12.2 Å². The lowest BCUT2D eigenvalue weighted by Gasteiger charge is -2.44. The van der Waals surface area contributed by atoms with Crippen LogP contribution in [0.25, 0.3) is 0 Å². The molecule has 0 aromatic rings. The molecule has 0 spiro atoms. The topological polar surface area (TPSA) is 112 Å². The summed E-state index contributed by atoms with van der Waals surface area (Å²) in [6.07, 6.45) is 41.3. The van der Waals surface area contributed by atoms with E-state index in [2.05, 4.69) is 27.7 Å². The quantitative estimate of drug-likeness (QED) is 0.0490. The van der Waals surface area contributed by atoms with Gasteiger partial charge in [0.25, 0.3) is 11.8 Å². The fourth-order valence-corrected chi connectivity index (χ4v) is 13.6. The highest BCUT2D eigenvalue weighted by Crippen LogP contribution is 2.50. The molecule has 0 aromatic carbocycles. The zero-order valence-corrected chi connectivity index (χ0v) is 43.9. The van der Waals surface area contributed by atoms with E-state index in [4.69, 9.17) is 0 Å². The van der Waals surface area contributed by atoms with Crippen molar-refractivity contribution in [1.29, 1.82) is 0 Å². The third-order valence-electron chi connectivity index (χ3n) is 17.7. The molecular weight excluding hydrogens is 835 g/mol. The van der Waals surface area contributed by atoms with E-state index >= 15 is 0 Å². The van der Waals surface area contributed by atoms with Crippen molar-refractivity contribution in [2.75, 3.05) is 6.54 Å². The molecule has 9 heteroatoms. The number of carbonyl (C=O) groups is 6. The molecule has 0 aromatic heterocycles. The summed E-state index contributed by atoms with van der Waals surface area (Å²) in [5, 5.41) is 0. The Bertz CT molecular complexity index is 1590. The second kappa shape index (κ2) is 26.9. The molecular formula is C58H97N3O6. The van der Waals surface area contributed by atoms with E-state index in [0.29, 0.717) is 19.4 Å². The van der Waals surface area contributed by atoms with Crippen molar-refractivity contribution in [1.82, 2.24) is 14.7 Å². The Hall–Kier alpha value is -2.84. The Morgan fingerprint density at radius 2 is 0.821 bits per heavy atom. The first kappa shape index (κ1) is 55.1. The minimum Gasteiger partial charge on any atom is -0.282 e. The van der Waals surface area contributed by atoms with Crippen LogP contribution < -0.4 is 0 Å².